The monoisotopic (exact) mass is 454 g/mol. The van der Waals surface area contributed by atoms with Crippen LogP contribution in [0, 0.1) is 6.92 Å². The molecule has 0 spiro atoms. The first-order valence-electron chi connectivity index (χ1n) is 10.5. The van der Waals surface area contributed by atoms with Gasteiger partial charge in [0.05, 0.1) is 22.1 Å². The number of hydrogen-bond acceptors (Lipinski definition) is 4. The molecule has 2 N–H and O–H groups in total. The predicted octanol–water partition coefficient (Wildman–Crippen LogP) is 4.83. The quantitative estimate of drug-likeness (QED) is 0.373. The molecule has 1 amide bonds. The summed E-state index contributed by atoms with van der Waals surface area (Å²) in [5.74, 6) is -0.178. The van der Waals surface area contributed by atoms with Crippen molar-refractivity contribution in [1.29, 1.82) is 0 Å². The van der Waals surface area contributed by atoms with E-state index in [1.165, 1.54) is 9.58 Å². The second-order valence-electron chi connectivity index (χ2n) is 7.90. The number of thioether (sulfide) groups is 1. The van der Waals surface area contributed by atoms with Gasteiger partial charge in [-0.25, -0.2) is 4.68 Å². The van der Waals surface area contributed by atoms with Crippen molar-refractivity contribution < 1.29 is 4.79 Å². The minimum Gasteiger partial charge on any atom is -0.348 e. The van der Waals surface area contributed by atoms with Crippen molar-refractivity contribution in [2.24, 2.45) is 0 Å². The third-order valence-electron chi connectivity index (χ3n) is 5.69. The number of H-pyrrole nitrogens is 1. The number of pyridine rings is 1. The third-order valence-corrected chi connectivity index (χ3v) is 6.44. The lowest BCUT2D eigenvalue weighted by Gasteiger charge is -2.07. The molecule has 0 radical (unpaired) electrons. The average molecular weight is 455 g/mol. The van der Waals surface area contributed by atoms with Gasteiger partial charge in [0, 0.05) is 28.6 Å². The van der Waals surface area contributed by atoms with Crippen molar-refractivity contribution in [1.82, 2.24) is 20.1 Å². The van der Waals surface area contributed by atoms with E-state index >= 15 is 0 Å². The van der Waals surface area contributed by atoms with Crippen molar-refractivity contribution in [2.45, 2.75) is 18.4 Å². The van der Waals surface area contributed by atoms with Crippen LogP contribution in [0.4, 0.5) is 0 Å². The highest BCUT2D eigenvalue weighted by Crippen LogP contribution is 2.23. The summed E-state index contributed by atoms with van der Waals surface area (Å²) in [6.45, 7) is 2.44. The van der Waals surface area contributed by atoms with E-state index < -0.39 is 0 Å². The summed E-state index contributed by atoms with van der Waals surface area (Å²) in [5, 5.41) is 7.39. The number of amides is 1. The van der Waals surface area contributed by atoms with Gasteiger partial charge in [-0.15, -0.1) is 11.8 Å². The zero-order valence-corrected chi connectivity index (χ0v) is 19.1. The number of aromatic amines is 1. The number of carbonyl (C=O) groups is 1. The minimum atomic E-state index is -0.178. The molecule has 5 aromatic rings. The van der Waals surface area contributed by atoms with Gasteiger partial charge < -0.3 is 5.32 Å². The van der Waals surface area contributed by atoms with Gasteiger partial charge in [-0.2, -0.15) is 0 Å². The van der Waals surface area contributed by atoms with Crippen LogP contribution in [0.2, 0.25) is 0 Å². The van der Waals surface area contributed by atoms with Crippen molar-refractivity contribution in [3.05, 3.63) is 100.0 Å². The molecule has 6 nitrogen and oxygen atoms in total. The molecule has 5 rings (SSSR count). The largest absolute Gasteiger partial charge is 0.348 e. The number of benzene rings is 3. The maximum Gasteiger partial charge on any atom is 0.280 e. The lowest BCUT2D eigenvalue weighted by atomic mass is 10.1. The van der Waals surface area contributed by atoms with Crippen molar-refractivity contribution in [2.75, 3.05) is 6.26 Å². The number of aromatic nitrogens is 3. The van der Waals surface area contributed by atoms with Crippen LogP contribution in [0.15, 0.2) is 82.6 Å². The van der Waals surface area contributed by atoms with E-state index in [0.717, 1.165) is 22.2 Å². The number of rotatable bonds is 5. The van der Waals surface area contributed by atoms with Gasteiger partial charge in [0.1, 0.15) is 0 Å². The van der Waals surface area contributed by atoms with E-state index in [0.29, 0.717) is 28.5 Å². The Morgan fingerprint density at radius 3 is 2.52 bits per heavy atom. The van der Waals surface area contributed by atoms with E-state index in [9.17, 15) is 9.59 Å². The Hall–Kier alpha value is -3.84. The molecule has 0 aliphatic heterocycles. The average Bonchev–Trinajstić information content (AvgIpc) is 3.19. The Morgan fingerprint density at radius 2 is 1.79 bits per heavy atom. The summed E-state index contributed by atoms with van der Waals surface area (Å²) in [4.78, 5) is 31.4. The second kappa shape index (κ2) is 8.60. The predicted molar refractivity (Wildman–Crippen MR) is 133 cm³/mol. The van der Waals surface area contributed by atoms with Gasteiger partial charge in [0.15, 0.2) is 0 Å². The molecular weight excluding hydrogens is 432 g/mol. The van der Waals surface area contributed by atoms with Crippen molar-refractivity contribution in [3.63, 3.8) is 0 Å². The highest BCUT2D eigenvalue weighted by molar-refractivity contribution is 7.98. The normalized spacial score (nSPS) is 11.2. The molecule has 2 aromatic heterocycles. The van der Waals surface area contributed by atoms with Gasteiger partial charge in [0.2, 0.25) is 0 Å². The van der Waals surface area contributed by atoms with Crippen LogP contribution in [-0.2, 0) is 6.54 Å². The third kappa shape index (κ3) is 4.03. The molecule has 0 unspecified atom stereocenters. The first-order chi connectivity index (χ1) is 16.0. The zero-order valence-electron chi connectivity index (χ0n) is 18.3. The number of fused-ring (bicyclic) bond motifs is 3. The summed E-state index contributed by atoms with van der Waals surface area (Å²) in [6.07, 6.45) is 3.61. The Bertz CT molecular complexity index is 1530. The number of nitrogens with zero attached hydrogens (tertiary/aromatic N) is 2. The van der Waals surface area contributed by atoms with Gasteiger partial charge in [0.25, 0.3) is 11.5 Å². The van der Waals surface area contributed by atoms with E-state index in [2.05, 4.69) is 15.4 Å². The van der Waals surface area contributed by atoms with Crippen LogP contribution < -0.4 is 10.9 Å². The molecule has 0 fully saturated rings. The summed E-state index contributed by atoms with van der Waals surface area (Å²) in [6, 6.07) is 21.2. The minimum absolute atomic E-state index is 0.174. The molecule has 164 valence electrons. The molecule has 0 saturated heterocycles. The fourth-order valence-corrected chi connectivity index (χ4v) is 4.21. The molecule has 3 aromatic carbocycles. The lowest BCUT2D eigenvalue weighted by Crippen LogP contribution is -2.22. The molecule has 0 bridgehead atoms. The van der Waals surface area contributed by atoms with E-state index in [4.69, 9.17) is 0 Å². The molecule has 0 atom stereocenters. The van der Waals surface area contributed by atoms with Gasteiger partial charge >= 0.3 is 0 Å². The standard InChI is InChI=1S/C26H22N4O2S/c1-16-3-8-19(9-4-16)30-26(32)22-15-27-23-12-7-18(13-21(23)24(22)29-30)25(31)28-14-17-5-10-20(33-2)11-6-17/h3-13,15,29H,14H2,1-2H3,(H,28,31). The summed E-state index contributed by atoms with van der Waals surface area (Å²) >= 11 is 1.68. The summed E-state index contributed by atoms with van der Waals surface area (Å²) < 4.78 is 1.51. The van der Waals surface area contributed by atoms with Crippen LogP contribution >= 0.6 is 11.8 Å². The summed E-state index contributed by atoms with van der Waals surface area (Å²) in [5.41, 5.74) is 4.61. The Morgan fingerprint density at radius 1 is 1.03 bits per heavy atom. The number of aryl methyl sites for hydroxylation is 1. The molecule has 0 aliphatic carbocycles. The highest BCUT2D eigenvalue weighted by atomic mass is 32.2. The number of nitrogens with one attached hydrogen (secondary N) is 2. The topological polar surface area (TPSA) is 79.8 Å². The number of carbonyl (C=O) groups excluding carboxylic acids is 1. The van der Waals surface area contributed by atoms with Gasteiger partial charge in [-0.3, -0.25) is 19.7 Å². The van der Waals surface area contributed by atoms with Crippen LogP contribution in [0.25, 0.3) is 27.5 Å². The maximum atomic E-state index is 13.0. The molecule has 33 heavy (non-hydrogen) atoms. The van der Waals surface area contributed by atoms with Crippen LogP contribution in [0.1, 0.15) is 21.5 Å². The number of hydrogen-bond donors (Lipinski definition) is 2. The first-order valence-corrected chi connectivity index (χ1v) is 11.8. The SMILES string of the molecule is CSc1ccc(CNC(=O)c2ccc3ncc4c(=O)n(-c5ccc(C)cc5)[nH]c4c3c2)cc1. The van der Waals surface area contributed by atoms with Crippen LogP contribution in [0.3, 0.4) is 0 Å². The van der Waals surface area contributed by atoms with Crippen LogP contribution in [0.5, 0.6) is 0 Å². The maximum absolute atomic E-state index is 13.0. The Kier molecular flexibility index (Phi) is 5.48. The fraction of sp³-hybridized carbons (Fsp3) is 0.115. The lowest BCUT2D eigenvalue weighted by molar-refractivity contribution is 0.0951. The van der Waals surface area contributed by atoms with Gasteiger partial charge in [-0.1, -0.05) is 29.8 Å². The zero-order chi connectivity index (χ0) is 22.9. The van der Waals surface area contributed by atoms with E-state index in [1.807, 2.05) is 61.7 Å². The smallest absolute Gasteiger partial charge is 0.280 e. The molecular formula is C26H22N4O2S. The van der Waals surface area contributed by atoms with Crippen LogP contribution in [-0.4, -0.2) is 26.9 Å². The molecule has 0 saturated carbocycles. The van der Waals surface area contributed by atoms with Gasteiger partial charge in [-0.05, 0) is 61.2 Å². The molecule has 7 heteroatoms. The Balaban J connectivity index is 1.48. The fourth-order valence-electron chi connectivity index (χ4n) is 3.80. The first kappa shape index (κ1) is 21.0. The van der Waals surface area contributed by atoms with Crippen molar-refractivity contribution >= 4 is 39.5 Å². The van der Waals surface area contributed by atoms with E-state index in [1.54, 1.807) is 36.2 Å². The molecule has 0 aliphatic rings. The van der Waals surface area contributed by atoms with Crippen molar-refractivity contribution in [3.8, 4) is 5.69 Å². The highest BCUT2D eigenvalue weighted by Gasteiger charge is 2.14. The second-order valence-corrected chi connectivity index (χ2v) is 8.78. The summed E-state index contributed by atoms with van der Waals surface area (Å²) in [7, 11) is 0. The van der Waals surface area contributed by atoms with E-state index in [-0.39, 0.29) is 11.5 Å². The Labute approximate surface area is 194 Å². The molecule has 2 heterocycles.